The van der Waals surface area contributed by atoms with Gasteiger partial charge in [0.25, 0.3) is 5.91 Å². The van der Waals surface area contributed by atoms with Crippen LogP contribution < -0.4 is 16.8 Å². The predicted octanol–water partition coefficient (Wildman–Crippen LogP) is -1.40. The molecule has 0 saturated heterocycles. The zero-order valence-electron chi connectivity index (χ0n) is 7.41. The molecule has 14 heavy (non-hydrogen) atoms. The highest BCUT2D eigenvalue weighted by atomic mass is 16.2. The van der Waals surface area contributed by atoms with Crippen molar-refractivity contribution in [1.29, 1.82) is 0 Å². The van der Waals surface area contributed by atoms with Crippen LogP contribution in [0, 0.1) is 0 Å². The Kier molecular flexibility index (Phi) is 3.05. The molecule has 0 spiro atoms. The van der Waals surface area contributed by atoms with Gasteiger partial charge in [-0.25, -0.2) is 0 Å². The maximum Gasteiger partial charge on any atom is 0.271 e. The van der Waals surface area contributed by atoms with Crippen LogP contribution in [-0.2, 0) is 4.79 Å². The first-order chi connectivity index (χ1) is 6.61. The molecule has 2 amide bonds. The minimum atomic E-state index is -0.470. The molecule has 0 fully saturated rings. The van der Waals surface area contributed by atoms with Gasteiger partial charge < -0.3 is 16.8 Å². The molecule has 1 aromatic rings. The van der Waals surface area contributed by atoms with Crippen LogP contribution in [0.5, 0.6) is 0 Å². The molecule has 0 atom stereocenters. The minimum absolute atomic E-state index is 0.0970. The van der Waals surface area contributed by atoms with Crippen LogP contribution in [0.15, 0.2) is 6.20 Å². The second-order valence-corrected chi connectivity index (χ2v) is 2.67. The van der Waals surface area contributed by atoms with Gasteiger partial charge in [-0.2, -0.15) is 5.10 Å². The number of hydrogen-bond donors (Lipinski definition) is 4. The van der Waals surface area contributed by atoms with Gasteiger partial charge in [0.05, 0.1) is 11.9 Å². The number of rotatable bonds is 4. The third kappa shape index (κ3) is 2.47. The fourth-order valence-electron chi connectivity index (χ4n) is 0.865. The maximum atomic E-state index is 11.3. The highest BCUT2D eigenvalue weighted by Crippen LogP contribution is 2.04. The lowest BCUT2D eigenvalue weighted by Gasteiger charge is -2.01. The van der Waals surface area contributed by atoms with Crippen molar-refractivity contribution in [2.75, 3.05) is 12.3 Å². The van der Waals surface area contributed by atoms with Crippen molar-refractivity contribution in [2.24, 2.45) is 5.73 Å². The Balaban J connectivity index is 2.44. The van der Waals surface area contributed by atoms with Gasteiger partial charge in [0.15, 0.2) is 0 Å². The number of nitrogens with two attached hydrogens (primary N) is 2. The van der Waals surface area contributed by atoms with Gasteiger partial charge in [-0.15, -0.1) is 0 Å². The summed E-state index contributed by atoms with van der Waals surface area (Å²) in [4.78, 5) is 21.7. The fourth-order valence-corrected chi connectivity index (χ4v) is 0.865. The van der Waals surface area contributed by atoms with Crippen LogP contribution in [0.4, 0.5) is 5.69 Å². The standard InChI is InChI=1S/C7H11N5O2/c8-4-3-11-12-6(4)7(14)10-2-1-5(9)13/h3H,1-2,8H2,(H2,9,13)(H,10,14)(H,11,12). The number of anilines is 1. The molecule has 0 bridgehead atoms. The average Bonchev–Trinajstić information content (AvgIpc) is 2.50. The van der Waals surface area contributed by atoms with Crippen LogP contribution in [-0.4, -0.2) is 28.6 Å². The largest absolute Gasteiger partial charge is 0.396 e. The lowest BCUT2D eigenvalue weighted by Crippen LogP contribution is -2.28. The van der Waals surface area contributed by atoms with E-state index >= 15 is 0 Å². The number of nitrogen functional groups attached to an aromatic ring is 1. The maximum absolute atomic E-state index is 11.3. The second-order valence-electron chi connectivity index (χ2n) is 2.67. The van der Waals surface area contributed by atoms with Gasteiger partial charge in [0, 0.05) is 13.0 Å². The van der Waals surface area contributed by atoms with Crippen LogP contribution >= 0.6 is 0 Å². The van der Waals surface area contributed by atoms with Crippen molar-refractivity contribution in [3.05, 3.63) is 11.9 Å². The molecule has 1 rings (SSSR count). The molecule has 0 radical (unpaired) electrons. The van der Waals surface area contributed by atoms with Crippen LogP contribution in [0.3, 0.4) is 0 Å². The number of amides is 2. The number of carbonyl (C=O) groups excluding carboxylic acids is 2. The van der Waals surface area contributed by atoms with Crippen LogP contribution in [0.25, 0.3) is 0 Å². The second kappa shape index (κ2) is 4.26. The molecule has 1 heterocycles. The van der Waals surface area contributed by atoms with Gasteiger partial charge >= 0.3 is 0 Å². The topological polar surface area (TPSA) is 127 Å². The Morgan fingerprint density at radius 3 is 2.79 bits per heavy atom. The lowest BCUT2D eigenvalue weighted by molar-refractivity contribution is -0.117. The summed E-state index contributed by atoms with van der Waals surface area (Å²) in [7, 11) is 0. The molecular weight excluding hydrogens is 186 g/mol. The van der Waals surface area contributed by atoms with E-state index in [4.69, 9.17) is 11.5 Å². The summed E-state index contributed by atoms with van der Waals surface area (Å²) < 4.78 is 0. The Morgan fingerprint density at radius 2 is 2.29 bits per heavy atom. The summed E-state index contributed by atoms with van der Waals surface area (Å²) in [6.45, 7) is 0.187. The van der Waals surface area contributed by atoms with Crippen molar-refractivity contribution < 1.29 is 9.59 Å². The van der Waals surface area contributed by atoms with Gasteiger partial charge in [-0.3, -0.25) is 14.7 Å². The van der Waals surface area contributed by atoms with E-state index in [1.165, 1.54) is 6.20 Å². The Hall–Kier alpha value is -2.05. The molecule has 7 heteroatoms. The normalized spacial score (nSPS) is 9.71. The number of aromatic amines is 1. The SMILES string of the molecule is NC(=O)CCNC(=O)c1[nH]ncc1N. The summed E-state index contributed by atoms with van der Waals surface area (Å²) in [6, 6.07) is 0. The number of primary amides is 1. The Morgan fingerprint density at radius 1 is 1.57 bits per heavy atom. The first-order valence-electron chi connectivity index (χ1n) is 3.96. The van der Waals surface area contributed by atoms with Crippen molar-refractivity contribution in [3.63, 3.8) is 0 Å². The molecule has 0 unspecified atom stereocenters. The molecule has 7 nitrogen and oxygen atoms in total. The highest BCUT2D eigenvalue weighted by Gasteiger charge is 2.10. The van der Waals surface area contributed by atoms with Gasteiger partial charge in [-0.1, -0.05) is 0 Å². The molecule has 0 aliphatic carbocycles. The molecule has 0 aromatic carbocycles. The third-order valence-corrected chi connectivity index (χ3v) is 1.55. The number of hydrogen-bond acceptors (Lipinski definition) is 4. The van der Waals surface area contributed by atoms with E-state index in [1.54, 1.807) is 0 Å². The lowest BCUT2D eigenvalue weighted by atomic mass is 10.3. The van der Waals surface area contributed by atoms with E-state index in [0.29, 0.717) is 0 Å². The number of nitrogens with zero attached hydrogens (tertiary/aromatic N) is 1. The zero-order chi connectivity index (χ0) is 10.6. The van der Waals surface area contributed by atoms with E-state index < -0.39 is 11.8 Å². The van der Waals surface area contributed by atoms with Gasteiger partial charge in [0.1, 0.15) is 5.69 Å². The van der Waals surface area contributed by atoms with E-state index in [0.717, 1.165) is 0 Å². The Bertz CT molecular complexity index is 346. The smallest absolute Gasteiger partial charge is 0.271 e. The molecule has 6 N–H and O–H groups in total. The van der Waals surface area contributed by atoms with Crippen molar-refractivity contribution >= 4 is 17.5 Å². The summed E-state index contributed by atoms with van der Waals surface area (Å²) in [5, 5.41) is 8.49. The Labute approximate surface area is 79.8 Å². The number of aromatic nitrogens is 2. The van der Waals surface area contributed by atoms with Gasteiger partial charge in [0.2, 0.25) is 5.91 Å². The predicted molar refractivity (Wildman–Crippen MR) is 49.1 cm³/mol. The monoisotopic (exact) mass is 197 g/mol. The van der Waals surface area contributed by atoms with E-state index in [-0.39, 0.29) is 24.3 Å². The fraction of sp³-hybridized carbons (Fsp3) is 0.286. The third-order valence-electron chi connectivity index (χ3n) is 1.55. The van der Waals surface area contributed by atoms with Crippen LogP contribution in [0.2, 0.25) is 0 Å². The number of H-pyrrole nitrogens is 1. The van der Waals surface area contributed by atoms with Crippen molar-refractivity contribution in [2.45, 2.75) is 6.42 Å². The highest BCUT2D eigenvalue weighted by molar-refractivity contribution is 5.97. The molecule has 1 aromatic heterocycles. The van der Waals surface area contributed by atoms with E-state index in [1.807, 2.05) is 0 Å². The summed E-state index contributed by atoms with van der Waals surface area (Å²) in [6.07, 6.45) is 1.43. The summed E-state index contributed by atoms with van der Waals surface area (Å²) >= 11 is 0. The molecule has 0 saturated carbocycles. The summed E-state index contributed by atoms with van der Waals surface area (Å²) in [5.41, 5.74) is 10.8. The first kappa shape index (κ1) is 10.0. The molecule has 0 aliphatic heterocycles. The summed E-state index contributed by atoms with van der Waals surface area (Å²) in [5.74, 6) is -0.871. The van der Waals surface area contributed by atoms with Crippen molar-refractivity contribution in [1.82, 2.24) is 15.5 Å². The molecule has 76 valence electrons. The quantitative estimate of drug-likeness (QED) is 0.473. The first-order valence-corrected chi connectivity index (χ1v) is 3.96. The van der Waals surface area contributed by atoms with E-state index in [2.05, 4.69) is 15.5 Å². The van der Waals surface area contributed by atoms with Crippen LogP contribution in [0.1, 0.15) is 16.9 Å². The van der Waals surface area contributed by atoms with Crippen molar-refractivity contribution in [3.8, 4) is 0 Å². The minimum Gasteiger partial charge on any atom is -0.396 e. The molecule has 0 aliphatic rings. The molecular formula is C7H11N5O2. The van der Waals surface area contributed by atoms with E-state index in [9.17, 15) is 9.59 Å². The number of nitrogens with one attached hydrogen (secondary N) is 2. The zero-order valence-corrected chi connectivity index (χ0v) is 7.41. The van der Waals surface area contributed by atoms with Gasteiger partial charge in [-0.05, 0) is 0 Å². The average molecular weight is 197 g/mol. The number of carbonyl (C=O) groups is 2.